The summed E-state index contributed by atoms with van der Waals surface area (Å²) in [6.45, 7) is 47.9. The second-order valence-corrected chi connectivity index (χ2v) is 47.3. The van der Waals surface area contributed by atoms with Gasteiger partial charge in [0.1, 0.15) is 0 Å². The van der Waals surface area contributed by atoms with E-state index >= 15 is 0 Å². The molecule has 0 heterocycles. The van der Waals surface area contributed by atoms with Gasteiger partial charge in [0.25, 0.3) is 0 Å². The molecule has 8 heteroatoms. The zero-order valence-corrected chi connectivity index (χ0v) is 52.8. The molecular weight excluding hydrogens is 975 g/mol. The van der Waals surface area contributed by atoms with Crippen LogP contribution in [0.2, 0.25) is 91.7 Å². The topological polar surface area (TPSA) is 0 Å². The van der Waals surface area contributed by atoms with E-state index in [9.17, 15) is 0 Å². The molecule has 64 heavy (non-hydrogen) atoms. The van der Waals surface area contributed by atoms with Gasteiger partial charge in [0.2, 0.25) is 0 Å². The van der Waals surface area contributed by atoms with Crippen molar-refractivity contribution in [3.05, 3.63) is 107 Å². The molecule has 2 radical (unpaired) electrons. The summed E-state index contributed by atoms with van der Waals surface area (Å²) in [4.78, 5) is 0. The Morgan fingerprint density at radius 3 is 0.969 bits per heavy atom. The van der Waals surface area contributed by atoms with Crippen molar-refractivity contribution in [1.82, 2.24) is 0 Å². The van der Waals surface area contributed by atoms with E-state index < -0.39 is 53.1 Å². The molecule has 0 bridgehead atoms. The summed E-state index contributed by atoms with van der Waals surface area (Å²) in [6, 6.07) is 34.4. The minimum atomic E-state index is -1.40. The van der Waals surface area contributed by atoms with Crippen LogP contribution in [0.5, 0.6) is 0 Å². The summed E-state index contributed by atoms with van der Waals surface area (Å²) in [6.07, 6.45) is 4.54. The van der Waals surface area contributed by atoms with Gasteiger partial charge in [-0.3, -0.25) is 0 Å². The molecule has 0 fully saturated rings. The van der Waals surface area contributed by atoms with E-state index in [2.05, 4.69) is 218 Å². The third kappa shape index (κ3) is 14.8. The van der Waals surface area contributed by atoms with Crippen molar-refractivity contribution in [2.75, 3.05) is 0 Å². The Labute approximate surface area is 418 Å². The second-order valence-electron chi connectivity index (χ2n) is 22.3. The molecule has 0 aliphatic heterocycles. The fourth-order valence-electron chi connectivity index (χ4n) is 8.29. The van der Waals surface area contributed by atoms with Gasteiger partial charge in [0, 0.05) is 9.52 Å². The van der Waals surface area contributed by atoms with Crippen molar-refractivity contribution in [1.29, 1.82) is 0 Å². The van der Waals surface area contributed by atoms with Crippen molar-refractivity contribution in [3.8, 4) is 22.3 Å². The summed E-state index contributed by atoms with van der Waals surface area (Å²) in [5, 5.41) is 12.1. The van der Waals surface area contributed by atoms with E-state index in [1.165, 1.54) is 78.9 Å². The first-order valence-electron chi connectivity index (χ1n) is 24.1. The number of rotatable bonds is 12. The van der Waals surface area contributed by atoms with Crippen molar-refractivity contribution < 1.29 is 20.8 Å². The molecule has 2 unspecified atom stereocenters. The third-order valence-electron chi connectivity index (χ3n) is 13.0. The fourth-order valence-corrected chi connectivity index (χ4v) is 13.3. The number of benzene rings is 4. The summed E-state index contributed by atoms with van der Waals surface area (Å²) >= 11 is -0.826. The molecule has 2 atom stereocenters. The first-order valence-corrected chi connectivity index (χ1v) is 46.4. The summed E-state index contributed by atoms with van der Waals surface area (Å²) in [5.41, 5.74) is 11.8. The normalized spacial score (nSPS) is 13.0. The van der Waals surface area contributed by atoms with Gasteiger partial charge in [0.15, 0.2) is 0 Å². The quantitative estimate of drug-likeness (QED) is 0.0846. The van der Waals surface area contributed by atoms with E-state index in [-0.39, 0.29) is 0 Å². The van der Waals surface area contributed by atoms with Crippen LogP contribution >= 0.6 is 17.0 Å². The third-order valence-corrected chi connectivity index (χ3v) is 21.1. The second kappa shape index (κ2) is 24.3. The Kier molecular flexibility index (Phi) is 21.6. The van der Waals surface area contributed by atoms with Gasteiger partial charge in [-0.15, -0.1) is 69.1 Å². The molecule has 346 valence electrons. The molecular formula is C56H84Cl2Si5Zr. The van der Waals surface area contributed by atoms with Crippen LogP contribution in [-0.2, 0) is 33.7 Å². The molecule has 0 aromatic heterocycles. The van der Waals surface area contributed by atoms with Crippen LogP contribution in [-0.4, -0.2) is 41.8 Å². The fraction of sp³-hybridized carbons (Fsp3) is 0.464. The molecule has 0 nitrogen and oxygen atoms in total. The first kappa shape index (κ1) is 57.0. The minimum absolute atomic E-state index is 0.617. The summed E-state index contributed by atoms with van der Waals surface area (Å²) in [5.74, 6) is 1.23. The van der Waals surface area contributed by atoms with Crippen molar-refractivity contribution in [3.63, 3.8) is 0 Å². The average Bonchev–Trinajstić information content (AvgIpc) is 3.87. The number of fused-ring (bicyclic) bond motifs is 2. The number of halogens is 2. The van der Waals surface area contributed by atoms with Gasteiger partial charge in [-0.05, 0) is 35.8 Å². The van der Waals surface area contributed by atoms with Crippen LogP contribution in [0, 0.1) is 0 Å². The molecule has 6 aromatic carbocycles. The van der Waals surface area contributed by atoms with Crippen molar-refractivity contribution >= 4 is 101 Å². The van der Waals surface area contributed by atoms with Gasteiger partial charge in [-0.1, -0.05) is 225 Å². The maximum atomic E-state index is 4.93. The maximum absolute atomic E-state index is 4.93. The predicted molar refractivity (Wildman–Crippen MR) is 307 cm³/mol. The molecule has 0 aliphatic rings. The number of aryl methyl sites for hydroxylation is 2. The zero-order valence-electron chi connectivity index (χ0n) is 43.8. The van der Waals surface area contributed by atoms with Crippen LogP contribution < -0.4 is 20.7 Å². The monoisotopic (exact) mass is 1060 g/mol. The molecule has 6 aromatic rings. The van der Waals surface area contributed by atoms with Crippen LogP contribution in [0.15, 0.2) is 84.9 Å². The van der Waals surface area contributed by atoms with Crippen LogP contribution in [0.25, 0.3) is 43.8 Å². The van der Waals surface area contributed by atoms with E-state index in [1.807, 2.05) is 0 Å². The molecule has 0 saturated carbocycles. The van der Waals surface area contributed by atoms with E-state index in [4.69, 9.17) is 17.0 Å². The average molecular weight is 1060 g/mol. The SMILES string of the molecule is CCc1ccc2[cH-]c(C(C)CC)cc2c1-c1cc([Si](C)(C)C)cc([Si](C)(C)C)c1.CCc1ccc2[cH-]c(C(C)CC)cc2c1-c1cc([Si](C)(C)C)cc([Si](C)(C)C)c1.C[Si]C.[Cl][Zr+2][Cl]. The standard InChI is InChI=1S/2C27H39Si2.C2H6Si.2ClH.Zr/c2*1-10-19(3)22-14-21-13-12-20(11-2)27(26(21)17-22)23-15-24(28(4,5)6)18-25(16-23)29(7,8)9;1-3-2;;;/h2*12-19H,10-11H2,1-9H3;1-2H3;2*1H;/q2*-1;;;;+4/p-2. The van der Waals surface area contributed by atoms with Crippen LogP contribution in [0.4, 0.5) is 0 Å². The van der Waals surface area contributed by atoms with E-state index in [0.29, 0.717) is 11.8 Å². The predicted octanol–water partition coefficient (Wildman–Crippen LogP) is 16.9. The molecule has 0 amide bonds. The molecule has 6 rings (SSSR count). The van der Waals surface area contributed by atoms with Crippen LogP contribution in [0.3, 0.4) is 0 Å². The Morgan fingerprint density at radius 2 is 0.750 bits per heavy atom. The number of hydrogen-bond acceptors (Lipinski definition) is 0. The first-order chi connectivity index (χ1) is 29.7. The Balaban J connectivity index is 0.000000303. The zero-order chi connectivity index (χ0) is 48.5. The molecule has 0 aliphatic carbocycles. The van der Waals surface area contributed by atoms with Gasteiger partial charge >= 0.3 is 37.9 Å². The van der Waals surface area contributed by atoms with Gasteiger partial charge < -0.3 is 0 Å². The summed E-state index contributed by atoms with van der Waals surface area (Å²) < 4.78 is 0. The van der Waals surface area contributed by atoms with Gasteiger partial charge in [-0.2, -0.15) is 12.1 Å². The molecule has 0 N–H and O–H groups in total. The molecule has 0 spiro atoms. The van der Waals surface area contributed by atoms with E-state index in [1.54, 1.807) is 20.7 Å². The van der Waals surface area contributed by atoms with Crippen LogP contribution in [0.1, 0.15) is 88.5 Å². The Bertz CT molecular complexity index is 2180. The number of hydrogen-bond donors (Lipinski definition) is 0. The van der Waals surface area contributed by atoms with E-state index in [0.717, 1.165) is 22.4 Å². The Hall–Kier alpha value is -1.35. The van der Waals surface area contributed by atoms with Crippen molar-refractivity contribution in [2.24, 2.45) is 0 Å². The van der Waals surface area contributed by atoms with Crippen molar-refractivity contribution in [2.45, 2.75) is 171 Å². The van der Waals surface area contributed by atoms with Gasteiger partial charge in [-0.25, -0.2) is 0 Å². The Morgan fingerprint density at radius 1 is 0.484 bits per heavy atom. The van der Waals surface area contributed by atoms with Gasteiger partial charge in [0.05, 0.1) is 32.3 Å². The molecule has 0 saturated heterocycles. The summed E-state index contributed by atoms with van der Waals surface area (Å²) in [7, 11) is 5.35.